The summed E-state index contributed by atoms with van der Waals surface area (Å²) in [5.74, 6) is 1.97. The van der Waals surface area contributed by atoms with Gasteiger partial charge in [0, 0.05) is 73.8 Å². The van der Waals surface area contributed by atoms with Gasteiger partial charge in [0.15, 0.2) is 0 Å². The maximum Gasteiger partial charge on any atom is 0.129 e. The van der Waals surface area contributed by atoms with Crippen molar-refractivity contribution in [2.45, 2.75) is 13.8 Å². The fourth-order valence-electron chi connectivity index (χ4n) is 4.20. The highest BCUT2D eigenvalue weighted by Crippen LogP contribution is 2.21. The van der Waals surface area contributed by atoms with Gasteiger partial charge in [0.05, 0.1) is 11.0 Å². The Morgan fingerprint density at radius 3 is 2.13 bits per heavy atom. The third kappa shape index (κ3) is 4.14. The standard InChI is InChI=1S/C24H27N7/c1-17-19-3-5-23(28-21(19)7-9-25-17)27-11-12-30-13-15-31(16-14-30)24-6-4-20-18(2)26-10-8-22(20)29-24/h3-10H,11-16H2,1-2H3,(H,27,28). The lowest BCUT2D eigenvalue weighted by molar-refractivity contribution is 0.266. The van der Waals surface area contributed by atoms with Crippen LogP contribution in [0, 0.1) is 13.8 Å². The van der Waals surface area contributed by atoms with E-state index in [-0.39, 0.29) is 0 Å². The van der Waals surface area contributed by atoms with Crippen molar-refractivity contribution in [3.8, 4) is 0 Å². The molecule has 0 atom stereocenters. The van der Waals surface area contributed by atoms with Gasteiger partial charge in [-0.1, -0.05) is 0 Å². The van der Waals surface area contributed by atoms with Crippen LogP contribution in [0.5, 0.6) is 0 Å². The molecule has 158 valence electrons. The van der Waals surface area contributed by atoms with Crippen molar-refractivity contribution in [2.24, 2.45) is 0 Å². The molecule has 1 saturated heterocycles. The molecule has 0 aliphatic carbocycles. The number of aryl methyl sites for hydroxylation is 2. The minimum absolute atomic E-state index is 0.878. The molecule has 0 saturated carbocycles. The van der Waals surface area contributed by atoms with Crippen LogP contribution in [-0.4, -0.2) is 64.1 Å². The first kappa shape index (κ1) is 19.6. The van der Waals surface area contributed by atoms with E-state index in [4.69, 9.17) is 9.97 Å². The lowest BCUT2D eigenvalue weighted by atomic mass is 10.2. The Kier molecular flexibility index (Phi) is 5.34. The van der Waals surface area contributed by atoms with Gasteiger partial charge in [-0.15, -0.1) is 0 Å². The van der Waals surface area contributed by atoms with Crippen LogP contribution in [0.4, 0.5) is 11.6 Å². The molecule has 7 heteroatoms. The van der Waals surface area contributed by atoms with Crippen molar-refractivity contribution in [1.82, 2.24) is 24.8 Å². The number of piperazine rings is 1. The van der Waals surface area contributed by atoms with Crippen molar-refractivity contribution < 1.29 is 0 Å². The summed E-state index contributed by atoms with van der Waals surface area (Å²) in [6.07, 6.45) is 3.65. The summed E-state index contributed by atoms with van der Waals surface area (Å²) in [6, 6.07) is 12.4. The van der Waals surface area contributed by atoms with Crippen molar-refractivity contribution >= 4 is 33.4 Å². The summed E-state index contributed by atoms with van der Waals surface area (Å²) in [5.41, 5.74) is 4.05. The monoisotopic (exact) mass is 413 g/mol. The normalized spacial score (nSPS) is 15.0. The molecule has 4 aromatic heterocycles. The number of pyridine rings is 4. The maximum absolute atomic E-state index is 4.86. The van der Waals surface area contributed by atoms with Gasteiger partial charge in [-0.25, -0.2) is 9.97 Å². The predicted octanol–water partition coefficient (Wildman–Crippen LogP) is 3.42. The van der Waals surface area contributed by atoms with E-state index in [1.165, 1.54) is 0 Å². The summed E-state index contributed by atoms with van der Waals surface area (Å²) >= 11 is 0. The first-order valence-corrected chi connectivity index (χ1v) is 10.8. The zero-order valence-corrected chi connectivity index (χ0v) is 18.0. The van der Waals surface area contributed by atoms with E-state index >= 15 is 0 Å². The van der Waals surface area contributed by atoms with E-state index in [1.54, 1.807) is 0 Å². The number of hydrogen-bond acceptors (Lipinski definition) is 7. The predicted molar refractivity (Wildman–Crippen MR) is 126 cm³/mol. The van der Waals surface area contributed by atoms with Crippen molar-refractivity contribution in [2.75, 3.05) is 49.5 Å². The lowest BCUT2D eigenvalue weighted by Crippen LogP contribution is -2.47. The van der Waals surface area contributed by atoms with Crippen LogP contribution >= 0.6 is 0 Å². The number of nitrogens with zero attached hydrogens (tertiary/aromatic N) is 6. The zero-order valence-electron chi connectivity index (χ0n) is 18.0. The second kappa shape index (κ2) is 8.43. The Bertz CT molecular complexity index is 1210. The maximum atomic E-state index is 4.86. The van der Waals surface area contributed by atoms with Gasteiger partial charge in [0.2, 0.25) is 0 Å². The molecule has 1 aliphatic heterocycles. The Balaban J connectivity index is 1.14. The van der Waals surface area contributed by atoms with Gasteiger partial charge in [0.1, 0.15) is 11.6 Å². The van der Waals surface area contributed by atoms with E-state index < -0.39 is 0 Å². The summed E-state index contributed by atoms with van der Waals surface area (Å²) in [4.78, 5) is 23.1. The van der Waals surface area contributed by atoms with Crippen LogP contribution in [0.1, 0.15) is 11.4 Å². The number of anilines is 2. The highest BCUT2D eigenvalue weighted by atomic mass is 15.3. The van der Waals surface area contributed by atoms with Gasteiger partial charge in [-0.3, -0.25) is 14.9 Å². The molecule has 0 amide bonds. The Morgan fingerprint density at radius 1 is 0.774 bits per heavy atom. The molecule has 0 unspecified atom stereocenters. The van der Waals surface area contributed by atoms with E-state index in [1.807, 2.05) is 44.4 Å². The van der Waals surface area contributed by atoms with Gasteiger partial charge in [0.25, 0.3) is 0 Å². The first-order chi connectivity index (χ1) is 15.2. The minimum Gasteiger partial charge on any atom is -0.369 e. The molecule has 1 aliphatic rings. The molecule has 1 fully saturated rings. The van der Waals surface area contributed by atoms with Crippen LogP contribution in [0.3, 0.4) is 0 Å². The number of nitrogens with one attached hydrogen (secondary N) is 1. The molecule has 0 spiro atoms. The second-order valence-electron chi connectivity index (χ2n) is 8.05. The highest BCUT2D eigenvalue weighted by molar-refractivity contribution is 5.82. The fourth-order valence-corrected chi connectivity index (χ4v) is 4.20. The molecule has 0 bridgehead atoms. The smallest absolute Gasteiger partial charge is 0.129 e. The third-order valence-corrected chi connectivity index (χ3v) is 6.05. The number of fused-ring (bicyclic) bond motifs is 2. The van der Waals surface area contributed by atoms with Gasteiger partial charge >= 0.3 is 0 Å². The van der Waals surface area contributed by atoms with Crippen molar-refractivity contribution in [3.63, 3.8) is 0 Å². The number of aromatic nitrogens is 4. The Labute approximate surface area is 182 Å². The molecule has 1 N–H and O–H groups in total. The van der Waals surface area contributed by atoms with Crippen molar-refractivity contribution in [1.29, 1.82) is 0 Å². The van der Waals surface area contributed by atoms with Crippen molar-refractivity contribution in [3.05, 3.63) is 60.2 Å². The van der Waals surface area contributed by atoms with Crippen LogP contribution in [0.15, 0.2) is 48.8 Å². The minimum atomic E-state index is 0.878. The zero-order chi connectivity index (χ0) is 21.2. The van der Waals surface area contributed by atoms with E-state index in [0.717, 1.165) is 84.1 Å². The third-order valence-electron chi connectivity index (χ3n) is 6.05. The number of rotatable bonds is 5. The average Bonchev–Trinajstić information content (AvgIpc) is 2.80. The molecule has 0 aromatic carbocycles. The molecular formula is C24H27N7. The van der Waals surface area contributed by atoms with E-state index in [9.17, 15) is 0 Å². The lowest BCUT2D eigenvalue weighted by Gasteiger charge is -2.35. The largest absolute Gasteiger partial charge is 0.369 e. The van der Waals surface area contributed by atoms with Gasteiger partial charge in [-0.05, 0) is 50.2 Å². The molecule has 0 radical (unpaired) electrons. The highest BCUT2D eigenvalue weighted by Gasteiger charge is 2.18. The fraction of sp³-hybridized carbons (Fsp3) is 0.333. The van der Waals surface area contributed by atoms with Gasteiger partial charge in [-0.2, -0.15) is 0 Å². The number of hydrogen-bond donors (Lipinski definition) is 1. The average molecular weight is 414 g/mol. The summed E-state index contributed by atoms with van der Waals surface area (Å²) in [6.45, 7) is 9.97. The van der Waals surface area contributed by atoms with E-state index in [2.05, 4.69) is 43.3 Å². The Hall–Kier alpha value is -3.32. The molecular weight excluding hydrogens is 386 g/mol. The van der Waals surface area contributed by atoms with Crippen LogP contribution < -0.4 is 10.2 Å². The van der Waals surface area contributed by atoms with Crippen LogP contribution in [-0.2, 0) is 0 Å². The molecule has 31 heavy (non-hydrogen) atoms. The molecule has 7 nitrogen and oxygen atoms in total. The summed E-state index contributed by atoms with van der Waals surface area (Å²) in [7, 11) is 0. The van der Waals surface area contributed by atoms with E-state index in [0.29, 0.717) is 0 Å². The van der Waals surface area contributed by atoms with Gasteiger partial charge < -0.3 is 10.2 Å². The first-order valence-electron chi connectivity index (χ1n) is 10.8. The topological polar surface area (TPSA) is 70.1 Å². The quantitative estimate of drug-likeness (QED) is 0.537. The second-order valence-corrected chi connectivity index (χ2v) is 8.05. The molecule has 5 rings (SSSR count). The van der Waals surface area contributed by atoms with Crippen LogP contribution in [0.2, 0.25) is 0 Å². The summed E-state index contributed by atoms with van der Waals surface area (Å²) < 4.78 is 0. The van der Waals surface area contributed by atoms with Crippen LogP contribution in [0.25, 0.3) is 21.8 Å². The Morgan fingerprint density at radius 2 is 1.42 bits per heavy atom. The summed E-state index contributed by atoms with van der Waals surface area (Å²) in [5, 5.41) is 5.71. The SMILES string of the molecule is Cc1nccc2nc(NCCN3CCN(c4ccc5c(C)nccc5n4)CC3)ccc12. The molecule has 5 heterocycles. The molecule has 4 aromatic rings.